The van der Waals surface area contributed by atoms with Gasteiger partial charge in [0, 0.05) is 31.0 Å². The smallest absolute Gasteiger partial charge is 0.118 e. The highest BCUT2D eigenvalue weighted by molar-refractivity contribution is 7.26. The van der Waals surface area contributed by atoms with Crippen molar-refractivity contribution in [3.8, 4) is 56.0 Å². The zero-order chi connectivity index (χ0) is 37.4. The van der Waals surface area contributed by atoms with Gasteiger partial charge in [0.25, 0.3) is 0 Å². The number of hydrogen-bond acceptors (Lipinski definition) is 3. The molecule has 2 aliphatic rings. The van der Waals surface area contributed by atoms with Crippen LogP contribution in [0.5, 0.6) is 11.5 Å². The molecule has 1 heterocycles. The van der Waals surface area contributed by atoms with Gasteiger partial charge in [0.15, 0.2) is 0 Å². The van der Waals surface area contributed by atoms with Crippen LogP contribution in [0.3, 0.4) is 0 Å². The molecule has 0 atom stereocenters. The molecule has 0 amide bonds. The molecule has 0 saturated carbocycles. The van der Waals surface area contributed by atoms with Crippen LogP contribution in [0.25, 0.3) is 86.2 Å². The molecule has 9 aromatic rings. The van der Waals surface area contributed by atoms with E-state index in [4.69, 9.17) is 9.47 Å². The van der Waals surface area contributed by atoms with E-state index < -0.39 is 0 Å². The summed E-state index contributed by atoms with van der Waals surface area (Å²) in [5, 5.41) is 7.89. The second-order valence-electron chi connectivity index (χ2n) is 16.4. The number of ether oxygens (including phenoxy) is 2. The summed E-state index contributed by atoms with van der Waals surface area (Å²) >= 11 is 1.92. The molecule has 0 saturated heterocycles. The Bertz CT molecular complexity index is 2880. The van der Waals surface area contributed by atoms with Crippen molar-refractivity contribution in [3.05, 3.63) is 156 Å². The first kappa shape index (κ1) is 32.5. The topological polar surface area (TPSA) is 18.5 Å². The van der Waals surface area contributed by atoms with Crippen LogP contribution in [0.2, 0.25) is 0 Å². The standard InChI is InChI=1S/C52H40O2S/c1-51(2)43-13-9-7-11-33(43)39-23-37-35(29-15-19-31(53-5)20-16-29)27-47-49(41(37)25-45(39)51)50-42-26-46-40(34-12-8-10-14-44(34)52(46,3)4)24-38(42)36(28-48(50)55-47)30-17-21-32(54-6)22-18-30/h7-28H,1-6H3. The van der Waals surface area contributed by atoms with E-state index in [1.54, 1.807) is 14.2 Å². The van der Waals surface area contributed by atoms with Gasteiger partial charge in [-0.05, 0) is 149 Å². The first-order chi connectivity index (χ1) is 26.7. The average Bonchev–Trinajstić information content (AvgIpc) is 3.78. The fourth-order valence-electron chi connectivity index (χ4n) is 10.00. The van der Waals surface area contributed by atoms with Crippen LogP contribution in [-0.4, -0.2) is 14.2 Å². The summed E-state index contributed by atoms with van der Waals surface area (Å²) in [6.07, 6.45) is 0. The molecule has 0 spiro atoms. The highest BCUT2D eigenvalue weighted by atomic mass is 32.1. The Labute approximate surface area is 325 Å². The molecular formula is C52H40O2S. The monoisotopic (exact) mass is 728 g/mol. The highest BCUT2D eigenvalue weighted by Crippen LogP contribution is 2.56. The van der Waals surface area contributed by atoms with E-state index in [0.717, 1.165) is 11.5 Å². The van der Waals surface area contributed by atoms with Crippen molar-refractivity contribution in [3.63, 3.8) is 0 Å². The van der Waals surface area contributed by atoms with Gasteiger partial charge in [0.2, 0.25) is 0 Å². The third-order valence-corrected chi connectivity index (χ3v) is 14.0. The molecule has 266 valence electrons. The Hall–Kier alpha value is -5.90. The summed E-state index contributed by atoms with van der Waals surface area (Å²) in [5.41, 5.74) is 15.6. The summed E-state index contributed by atoms with van der Waals surface area (Å²) in [4.78, 5) is 0. The van der Waals surface area contributed by atoms with Crippen LogP contribution in [0.15, 0.2) is 133 Å². The molecule has 0 radical (unpaired) electrons. The fraction of sp³-hybridized carbons (Fsp3) is 0.154. The number of methoxy groups -OCH3 is 2. The number of hydrogen-bond donors (Lipinski definition) is 0. The number of rotatable bonds is 4. The third kappa shape index (κ3) is 4.42. The molecule has 55 heavy (non-hydrogen) atoms. The van der Waals surface area contributed by atoms with Crippen molar-refractivity contribution in [2.24, 2.45) is 0 Å². The predicted octanol–water partition coefficient (Wildman–Crippen LogP) is 14.3. The normalized spacial score (nSPS) is 14.7. The van der Waals surface area contributed by atoms with Crippen molar-refractivity contribution in [1.82, 2.24) is 0 Å². The maximum atomic E-state index is 5.59. The lowest BCUT2D eigenvalue weighted by Crippen LogP contribution is -2.14. The van der Waals surface area contributed by atoms with E-state index in [2.05, 4.69) is 161 Å². The van der Waals surface area contributed by atoms with Crippen molar-refractivity contribution in [1.29, 1.82) is 0 Å². The number of fused-ring (bicyclic) bond motifs is 13. The molecule has 0 N–H and O–H groups in total. The Morgan fingerprint density at radius 2 is 0.782 bits per heavy atom. The minimum Gasteiger partial charge on any atom is -0.497 e. The van der Waals surface area contributed by atoms with Crippen molar-refractivity contribution in [2.45, 2.75) is 38.5 Å². The molecule has 0 bridgehead atoms. The van der Waals surface area contributed by atoms with Crippen LogP contribution in [-0.2, 0) is 10.8 Å². The van der Waals surface area contributed by atoms with E-state index >= 15 is 0 Å². The third-order valence-electron chi connectivity index (χ3n) is 12.9. The quantitative estimate of drug-likeness (QED) is 0.180. The number of benzene rings is 8. The summed E-state index contributed by atoms with van der Waals surface area (Å²) < 4.78 is 13.8. The van der Waals surface area contributed by atoms with Crippen molar-refractivity contribution >= 4 is 53.1 Å². The van der Waals surface area contributed by atoms with Gasteiger partial charge in [-0.2, -0.15) is 0 Å². The molecule has 1 aromatic heterocycles. The van der Waals surface area contributed by atoms with Crippen molar-refractivity contribution in [2.75, 3.05) is 14.2 Å². The Kier molecular flexibility index (Phi) is 6.69. The van der Waals surface area contributed by atoms with E-state index in [1.807, 2.05) is 11.3 Å². The first-order valence-electron chi connectivity index (χ1n) is 19.1. The Balaban J connectivity index is 1.31. The lowest BCUT2D eigenvalue weighted by Gasteiger charge is -2.23. The van der Waals surface area contributed by atoms with Crippen molar-refractivity contribution < 1.29 is 9.47 Å². The summed E-state index contributed by atoms with van der Waals surface area (Å²) in [6, 6.07) is 50.1. The molecular weight excluding hydrogens is 689 g/mol. The van der Waals surface area contributed by atoms with Crippen LogP contribution >= 0.6 is 11.3 Å². The molecule has 2 aliphatic carbocycles. The lowest BCUT2D eigenvalue weighted by molar-refractivity contribution is 0.415. The van der Waals surface area contributed by atoms with Gasteiger partial charge in [-0.3, -0.25) is 0 Å². The maximum absolute atomic E-state index is 5.59. The molecule has 2 nitrogen and oxygen atoms in total. The zero-order valence-electron chi connectivity index (χ0n) is 31.9. The van der Waals surface area contributed by atoms with E-state index in [1.165, 1.54) is 108 Å². The maximum Gasteiger partial charge on any atom is 0.118 e. The second kappa shape index (κ2) is 11.3. The molecule has 8 aromatic carbocycles. The molecule has 11 rings (SSSR count). The lowest BCUT2D eigenvalue weighted by atomic mass is 9.80. The van der Waals surface area contributed by atoms with E-state index in [9.17, 15) is 0 Å². The van der Waals surface area contributed by atoms with Gasteiger partial charge >= 0.3 is 0 Å². The molecule has 0 unspecified atom stereocenters. The summed E-state index contributed by atoms with van der Waals surface area (Å²) in [7, 11) is 3.46. The molecule has 0 aliphatic heterocycles. The van der Waals surface area contributed by atoms with Crippen LogP contribution < -0.4 is 9.47 Å². The van der Waals surface area contributed by atoms with Gasteiger partial charge in [-0.25, -0.2) is 0 Å². The molecule has 0 fully saturated rings. The minimum absolute atomic E-state index is 0.116. The van der Waals surface area contributed by atoms with Gasteiger partial charge in [0.1, 0.15) is 11.5 Å². The van der Waals surface area contributed by atoms with Crippen LogP contribution in [0.1, 0.15) is 49.9 Å². The highest BCUT2D eigenvalue weighted by Gasteiger charge is 2.38. The summed E-state index contributed by atoms with van der Waals surface area (Å²) in [5.74, 6) is 1.73. The van der Waals surface area contributed by atoms with Crippen LogP contribution in [0.4, 0.5) is 0 Å². The zero-order valence-corrected chi connectivity index (χ0v) is 32.7. The Morgan fingerprint density at radius 1 is 0.382 bits per heavy atom. The van der Waals surface area contributed by atoms with Gasteiger partial charge < -0.3 is 9.47 Å². The van der Waals surface area contributed by atoms with Gasteiger partial charge in [0.05, 0.1) is 14.2 Å². The minimum atomic E-state index is -0.116. The number of thiophene rings is 1. The molecule has 3 heteroatoms. The summed E-state index contributed by atoms with van der Waals surface area (Å²) in [6.45, 7) is 9.55. The Morgan fingerprint density at radius 3 is 1.18 bits per heavy atom. The van der Waals surface area contributed by atoms with Crippen LogP contribution in [0, 0.1) is 0 Å². The van der Waals surface area contributed by atoms with Gasteiger partial charge in [-0.15, -0.1) is 11.3 Å². The van der Waals surface area contributed by atoms with Gasteiger partial charge in [-0.1, -0.05) is 100 Å². The van der Waals surface area contributed by atoms with E-state index in [0.29, 0.717) is 0 Å². The van der Waals surface area contributed by atoms with E-state index in [-0.39, 0.29) is 10.8 Å². The first-order valence-corrected chi connectivity index (χ1v) is 20.0. The fourth-order valence-corrected chi connectivity index (χ4v) is 11.2. The second-order valence-corrected chi connectivity index (χ2v) is 17.5. The SMILES string of the molecule is COc1ccc(-c2cc3sc4cc(-c5ccc(OC)cc5)c5cc6c(cc5c4c3c3cc4c(cc23)-c2ccccc2C4(C)C)C(C)(C)c2ccccc2-6)cc1. The largest absolute Gasteiger partial charge is 0.497 e. The average molecular weight is 729 g/mol. The predicted molar refractivity (Wildman–Crippen MR) is 233 cm³/mol.